The van der Waals surface area contributed by atoms with Gasteiger partial charge in [-0.05, 0) is 30.5 Å². The number of carbonyl (C=O) groups excluding carboxylic acids is 1. The minimum absolute atomic E-state index is 0.0565. The van der Waals surface area contributed by atoms with Crippen LogP contribution in [0.2, 0.25) is 0 Å². The highest BCUT2D eigenvalue weighted by Gasteiger charge is 2.42. The summed E-state index contributed by atoms with van der Waals surface area (Å²) in [7, 11) is 1.84. The molecule has 110 valence electrons. The second-order valence-corrected chi connectivity index (χ2v) is 6.54. The molecule has 0 bridgehead atoms. The summed E-state index contributed by atoms with van der Waals surface area (Å²) in [5, 5.41) is 7.21. The molecule has 0 aliphatic heterocycles. The highest BCUT2D eigenvalue weighted by Crippen LogP contribution is 2.42. The molecule has 1 aromatic heterocycles. The van der Waals surface area contributed by atoms with E-state index in [0.717, 1.165) is 35.7 Å². The number of hydrogen-bond donors (Lipinski definition) is 1. The first-order chi connectivity index (χ1) is 10.1. The van der Waals surface area contributed by atoms with E-state index in [1.807, 2.05) is 43.6 Å². The summed E-state index contributed by atoms with van der Waals surface area (Å²) in [4.78, 5) is 12.9. The Hall–Kier alpha value is -1.62. The zero-order chi connectivity index (χ0) is 14.9. The minimum Gasteiger partial charge on any atom is -0.308 e. The monoisotopic (exact) mass is 347 g/mol. The van der Waals surface area contributed by atoms with Crippen LogP contribution >= 0.6 is 15.9 Å². The zero-order valence-electron chi connectivity index (χ0n) is 12.0. The van der Waals surface area contributed by atoms with Crippen molar-refractivity contribution in [3.8, 4) is 0 Å². The molecule has 1 fully saturated rings. The molecule has 0 atom stereocenters. The Kier molecular flexibility index (Phi) is 3.85. The van der Waals surface area contributed by atoms with Crippen LogP contribution in [-0.2, 0) is 17.3 Å². The Bertz CT molecular complexity index is 642. The van der Waals surface area contributed by atoms with Crippen LogP contribution in [0.1, 0.15) is 31.2 Å². The molecule has 0 unspecified atom stereocenters. The van der Waals surface area contributed by atoms with Crippen LogP contribution in [0.5, 0.6) is 0 Å². The second kappa shape index (κ2) is 5.64. The predicted molar refractivity (Wildman–Crippen MR) is 86.1 cm³/mol. The van der Waals surface area contributed by atoms with Crippen LogP contribution in [0, 0.1) is 0 Å². The lowest BCUT2D eigenvalue weighted by molar-refractivity contribution is -0.121. The van der Waals surface area contributed by atoms with Crippen LogP contribution in [-0.4, -0.2) is 15.7 Å². The van der Waals surface area contributed by atoms with Gasteiger partial charge in [-0.25, -0.2) is 0 Å². The standard InChI is InChI=1S/C16H18BrN3O/c1-20-11-8-14(19-20)18-15(21)16(9-2-3-10-16)12-4-6-13(17)7-5-12/h4-8,11H,2-3,9-10H2,1H3,(H,18,19,21). The van der Waals surface area contributed by atoms with Crippen molar-refractivity contribution in [1.29, 1.82) is 0 Å². The molecule has 1 aromatic carbocycles. The van der Waals surface area contributed by atoms with Crippen molar-refractivity contribution in [2.24, 2.45) is 7.05 Å². The van der Waals surface area contributed by atoms with E-state index in [0.29, 0.717) is 5.82 Å². The van der Waals surface area contributed by atoms with Crippen molar-refractivity contribution in [3.05, 3.63) is 46.6 Å². The van der Waals surface area contributed by atoms with Crippen molar-refractivity contribution in [2.45, 2.75) is 31.1 Å². The van der Waals surface area contributed by atoms with Crippen molar-refractivity contribution < 1.29 is 4.79 Å². The molecule has 4 nitrogen and oxygen atoms in total. The Morgan fingerprint density at radius 1 is 1.24 bits per heavy atom. The van der Waals surface area contributed by atoms with Gasteiger partial charge in [0, 0.05) is 23.8 Å². The molecule has 1 amide bonds. The van der Waals surface area contributed by atoms with Crippen LogP contribution in [0.25, 0.3) is 0 Å². The lowest BCUT2D eigenvalue weighted by Crippen LogP contribution is -2.38. The molecule has 1 heterocycles. The van der Waals surface area contributed by atoms with Crippen molar-refractivity contribution in [2.75, 3.05) is 5.32 Å². The first kappa shape index (κ1) is 14.3. The average Bonchev–Trinajstić information content (AvgIpc) is 3.10. The molecule has 5 heteroatoms. The Morgan fingerprint density at radius 2 is 1.90 bits per heavy atom. The molecular weight excluding hydrogens is 330 g/mol. The normalized spacial score (nSPS) is 16.9. The Balaban J connectivity index is 1.89. The first-order valence-corrected chi connectivity index (χ1v) is 7.97. The van der Waals surface area contributed by atoms with Crippen LogP contribution in [0.4, 0.5) is 5.82 Å². The van der Waals surface area contributed by atoms with E-state index in [1.165, 1.54) is 0 Å². The van der Waals surface area contributed by atoms with Gasteiger partial charge in [-0.15, -0.1) is 0 Å². The van der Waals surface area contributed by atoms with Gasteiger partial charge in [0.05, 0.1) is 5.41 Å². The number of nitrogens with zero attached hydrogens (tertiary/aromatic N) is 2. The number of anilines is 1. The van der Waals surface area contributed by atoms with Gasteiger partial charge in [-0.1, -0.05) is 40.9 Å². The smallest absolute Gasteiger partial charge is 0.236 e. The Labute approximate surface area is 132 Å². The van der Waals surface area contributed by atoms with Crippen molar-refractivity contribution in [3.63, 3.8) is 0 Å². The fraction of sp³-hybridized carbons (Fsp3) is 0.375. The molecule has 3 rings (SSSR count). The number of halogens is 1. The number of carbonyl (C=O) groups is 1. The fourth-order valence-corrected chi connectivity index (χ4v) is 3.38. The molecule has 1 aliphatic carbocycles. The summed E-state index contributed by atoms with van der Waals surface area (Å²) < 4.78 is 2.72. The van der Waals surface area contributed by atoms with E-state index in [4.69, 9.17) is 0 Å². The van der Waals surface area contributed by atoms with E-state index >= 15 is 0 Å². The zero-order valence-corrected chi connectivity index (χ0v) is 13.6. The second-order valence-electron chi connectivity index (χ2n) is 5.62. The summed E-state index contributed by atoms with van der Waals surface area (Å²) in [6.07, 6.45) is 5.80. The molecule has 0 saturated heterocycles. The average molecular weight is 348 g/mol. The summed E-state index contributed by atoms with van der Waals surface area (Å²) in [6.45, 7) is 0. The molecule has 1 saturated carbocycles. The number of benzene rings is 1. The predicted octanol–water partition coefficient (Wildman–Crippen LogP) is 3.63. The van der Waals surface area contributed by atoms with Gasteiger partial charge in [0.1, 0.15) is 0 Å². The number of rotatable bonds is 3. The summed E-state index contributed by atoms with van der Waals surface area (Å²) in [6, 6.07) is 9.93. The van der Waals surface area contributed by atoms with E-state index < -0.39 is 5.41 Å². The van der Waals surface area contributed by atoms with Crippen LogP contribution in [0.15, 0.2) is 41.0 Å². The van der Waals surface area contributed by atoms with Gasteiger partial charge in [0.2, 0.25) is 5.91 Å². The quantitative estimate of drug-likeness (QED) is 0.921. The summed E-state index contributed by atoms with van der Waals surface area (Å²) in [5.74, 6) is 0.673. The maximum Gasteiger partial charge on any atom is 0.236 e. The number of aromatic nitrogens is 2. The maximum absolute atomic E-state index is 12.9. The molecule has 21 heavy (non-hydrogen) atoms. The number of hydrogen-bond acceptors (Lipinski definition) is 2. The third-order valence-electron chi connectivity index (χ3n) is 4.24. The van der Waals surface area contributed by atoms with E-state index in [-0.39, 0.29) is 5.91 Å². The maximum atomic E-state index is 12.9. The molecular formula is C16H18BrN3O. The van der Waals surface area contributed by atoms with Gasteiger partial charge < -0.3 is 5.32 Å². The molecule has 0 spiro atoms. The first-order valence-electron chi connectivity index (χ1n) is 7.17. The summed E-state index contributed by atoms with van der Waals surface area (Å²) >= 11 is 3.45. The topological polar surface area (TPSA) is 46.9 Å². The van der Waals surface area contributed by atoms with Gasteiger partial charge >= 0.3 is 0 Å². The molecule has 1 aliphatic rings. The third kappa shape index (κ3) is 2.75. The van der Waals surface area contributed by atoms with Gasteiger partial charge in [0.25, 0.3) is 0 Å². The lowest BCUT2D eigenvalue weighted by Gasteiger charge is -2.28. The van der Waals surface area contributed by atoms with E-state index in [1.54, 1.807) is 4.68 Å². The minimum atomic E-state index is -0.418. The number of amides is 1. The molecule has 1 N–H and O–H groups in total. The van der Waals surface area contributed by atoms with Crippen LogP contribution < -0.4 is 5.32 Å². The SMILES string of the molecule is Cn1ccc(NC(=O)C2(c3ccc(Br)cc3)CCCC2)n1. The summed E-state index contributed by atoms with van der Waals surface area (Å²) in [5.41, 5.74) is 0.676. The van der Waals surface area contributed by atoms with Gasteiger partial charge in [0.15, 0.2) is 5.82 Å². The van der Waals surface area contributed by atoms with Gasteiger partial charge in [-0.3, -0.25) is 9.48 Å². The lowest BCUT2D eigenvalue weighted by atomic mass is 9.78. The Morgan fingerprint density at radius 3 is 2.48 bits per heavy atom. The van der Waals surface area contributed by atoms with E-state index in [2.05, 4.69) is 26.3 Å². The van der Waals surface area contributed by atoms with Crippen molar-refractivity contribution >= 4 is 27.7 Å². The highest BCUT2D eigenvalue weighted by atomic mass is 79.9. The van der Waals surface area contributed by atoms with Gasteiger partial charge in [-0.2, -0.15) is 5.10 Å². The number of aryl methyl sites for hydroxylation is 1. The van der Waals surface area contributed by atoms with E-state index in [9.17, 15) is 4.79 Å². The molecule has 0 radical (unpaired) electrons. The van der Waals surface area contributed by atoms with Crippen molar-refractivity contribution in [1.82, 2.24) is 9.78 Å². The molecule has 2 aromatic rings. The fourth-order valence-electron chi connectivity index (χ4n) is 3.11. The third-order valence-corrected chi connectivity index (χ3v) is 4.77. The highest BCUT2D eigenvalue weighted by molar-refractivity contribution is 9.10. The number of nitrogens with one attached hydrogen (secondary N) is 1. The largest absolute Gasteiger partial charge is 0.308 e. The van der Waals surface area contributed by atoms with Crippen LogP contribution in [0.3, 0.4) is 0 Å².